The lowest BCUT2D eigenvalue weighted by atomic mass is 9.88. The van der Waals surface area contributed by atoms with Gasteiger partial charge in [-0.3, -0.25) is 14.4 Å². The van der Waals surface area contributed by atoms with Crippen LogP contribution in [0.2, 0.25) is 0 Å². The molecule has 2 aromatic rings. The van der Waals surface area contributed by atoms with E-state index >= 15 is 0 Å². The molecular formula is C17H15FN4O3. The van der Waals surface area contributed by atoms with Gasteiger partial charge in [-0.15, -0.1) is 0 Å². The number of nitrogens with zero attached hydrogens (tertiary/aromatic N) is 2. The summed E-state index contributed by atoms with van der Waals surface area (Å²) in [7, 11) is 0. The molecule has 1 atom stereocenters. The topological polar surface area (TPSA) is 95.2 Å². The van der Waals surface area contributed by atoms with E-state index in [9.17, 15) is 18.8 Å². The fourth-order valence-electron chi connectivity index (χ4n) is 3.43. The van der Waals surface area contributed by atoms with Crippen molar-refractivity contribution in [2.75, 3.05) is 11.9 Å². The average Bonchev–Trinajstić information content (AvgIpc) is 2.61. The van der Waals surface area contributed by atoms with Gasteiger partial charge in [-0.1, -0.05) is 0 Å². The lowest BCUT2D eigenvalue weighted by molar-refractivity contribution is -0.135. The maximum atomic E-state index is 13.6. The molecule has 2 aliphatic heterocycles. The first-order valence-electron chi connectivity index (χ1n) is 7.96. The van der Waals surface area contributed by atoms with Crippen molar-refractivity contribution in [3.63, 3.8) is 0 Å². The van der Waals surface area contributed by atoms with Gasteiger partial charge in [-0.25, -0.2) is 9.37 Å². The number of aromatic amines is 1. The Hall–Kier alpha value is -3.03. The van der Waals surface area contributed by atoms with Crippen molar-refractivity contribution in [1.82, 2.24) is 14.9 Å². The highest BCUT2D eigenvalue weighted by atomic mass is 19.1. The number of hydrogen-bond acceptors (Lipinski definition) is 4. The van der Waals surface area contributed by atoms with Crippen molar-refractivity contribution in [2.24, 2.45) is 0 Å². The first kappa shape index (κ1) is 15.5. The number of fused-ring (bicyclic) bond motifs is 2. The quantitative estimate of drug-likeness (QED) is 0.806. The smallest absolute Gasteiger partial charge is 0.254 e. The summed E-state index contributed by atoms with van der Waals surface area (Å²) in [6, 6.07) is 4.01. The molecule has 1 aromatic heterocycles. The molecule has 0 saturated heterocycles. The number of rotatable bonds is 1. The lowest BCUT2D eigenvalue weighted by Gasteiger charge is -2.33. The minimum Gasteiger partial charge on any atom is -0.336 e. The number of anilines is 1. The maximum absolute atomic E-state index is 13.6. The molecule has 25 heavy (non-hydrogen) atoms. The molecule has 7 nitrogen and oxygen atoms in total. The van der Waals surface area contributed by atoms with Crippen LogP contribution in [-0.2, 0) is 22.6 Å². The SMILES string of the molecule is O=C1C[C@H](C(=O)N2CCc3c(nc[nH]c3=O)C2)c2cc(F)ccc2N1. The van der Waals surface area contributed by atoms with E-state index < -0.39 is 11.7 Å². The first-order chi connectivity index (χ1) is 12.0. The third kappa shape index (κ3) is 2.69. The Kier molecular flexibility index (Phi) is 3.60. The van der Waals surface area contributed by atoms with Crippen LogP contribution in [0.3, 0.4) is 0 Å². The molecule has 8 heteroatoms. The van der Waals surface area contributed by atoms with Gasteiger partial charge in [0.1, 0.15) is 5.82 Å². The molecular weight excluding hydrogens is 327 g/mol. The van der Waals surface area contributed by atoms with Crippen LogP contribution in [0.15, 0.2) is 29.3 Å². The minimum absolute atomic E-state index is 0.0263. The highest BCUT2D eigenvalue weighted by Crippen LogP contribution is 2.34. The number of nitrogens with one attached hydrogen (secondary N) is 2. The van der Waals surface area contributed by atoms with Crippen LogP contribution in [0.25, 0.3) is 0 Å². The van der Waals surface area contributed by atoms with E-state index in [4.69, 9.17) is 0 Å². The molecule has 128 valence electrons. The number of halogens is 1. The van der Waals surface area contributed by atoms with Crippen LogP contribution >= 0.6 is 0 Å². The van der Waals surface area contributed by atoms with Gasteiger partial charge in [0.05, 0.1) is 24.5 Å². The Morgan fingerprint density at radius 2 is 2.16 bits per heavy atom. The van der Waals surface area contributed by atoms with Crippen molar-refractivity contribution < 1.29 is 14.0 Å². The molecule has 0 unspecified atom stereocenters. The molecule has 0 aliphatic carbocycles. The van der Waals surface area contributed by atoms with Crippen LogP contribution in [-0.4, -0.2) is 33.2 Å². The molecule has 0 saturated carbocycles. The predicted molar refractivity (Wildman–Crippen MR) is 86.4 cm³/mol. The molecule has 0 radical (unpaired) electrons. The lowest BCUT2D eigenvalue weighted by Crippen LogP contribution is -2.43. The maximum Gasteiger partial charge on any atom is 0.254 e. The van der Waals surface area contributed by atoms with E-state index in [0.717, 1.165) is 0 Å². The molecule has 2 N–H and O–H groups in total. The summed E-state index contributed by atoms with van der Waals surface area (Å²) in [5.41, 5.74) is 1.89. The highest BCUT2D eigenvalue weighted by molar-refractivity contribution is 6.01. The highest BCUT2D eigenvalue weighted by Gasteiger charge is 2.35. The number of carbonyl (C=O) groups excluding carboxylic acids is 2. The number of benzene rings is 1. The first-order valence-corrected chi connectivity index (χ1v) is 7.96. The number of carbonyl (C=O) groups is 2. The van der Waals surface area contributed by atoms with Gasteiger partial charge < -0.3 is 15.2 Å². The van der Waals surface area contributed by atoms with Crippen molar-refractivity contribution in [1.29, 1.82) is 0 Å². The van der Waals surface area contributed by atoms with Gasteiger partial charge in [-0.2, -0.15) is 0 Å². The van der Waals surface area contributed by atoms with E-state index in [-0.39, 0.29) is 30.3 Å². The third-order valence-electron chi connectivity index (χ3n) is 4.67. The molecule has 3 heterocycles. The summed E-state index contributed by atoms with van der Waals surface area (Å²) in [5, 5.41) is 2.66. The summed E-state index contributed by atoms with van der Waals surface area (Å²) >= 11 is 0. The Labute approximate surface area is 141 Å². The number of aromatic nitrogens is 2. The zero-order chi connectivity index (χ0) is 17.6. The van der Waals surface area contributed by atoms with Crippen LogP contribution in [0.5, 0.6) is 0 Å². The van der Waals surface area contributed by atoms with Gasteiger partial charge in [-0.05, 0) is 30.2 Å². The predicted octanol–water partition coefficient (Wildman–Crippen LogP) is 0.920. The molecule has 0 bridgehead atoms. The summed E-state index contributed by atoms with van der Waals surface area (Å²) in [4.78, 5) is 44.9. The number of amides is 2. The second-order valence-corrected chi connectivity index (χ2v) is 6.20. The molecule has 1 aromatic carbocycles. The van der Waals surface area contributed by atoms with Crippen molar-refractivity contribution in [3.8, 4) is 0 Å². The van der Waals surface area contributed by atoms with Gasteiger partial charge in [0.2, 0.25) is 11.8 Å². The summed E-state index contributed by atoms with van der Waals surface area (Å²) in [6.07, 6.45) is 1.69. The van der Waals surface area contributed by atoms with Crippen molar-refractivity contribution in [3.05, 3.63) is 57.5 Å². The fourth-order valence-corrected chi connectivity index (χ4v) is 3.43. The van der Waals surface area contributed by atoms with E-state index in [2.05, 4.69) is 15.3 Å². The largest absolute Gasteiger partial charge is 0.336 e. The zero-order valence-electron chi connectivity index (χ0n) is 13.2. The van der Waals surface area contributed by atoms with Crippen LogP contribution in [0.1, 0.15) is 29.2 Å². The molecule has 2 aliphatic rings. The number of hydrogen-bond donors (Lipinski definition) is 2. The molecule has 0 spiro atoms. The summed E-state index contributed by atoms with van der Waals surface area (Å²) in [6.45, 7) is 0.574. The number of H-pyrrole nitrogens is 1. The Bertz CT molecular complexity index is 940. The molecule has 2 amide bonds. The minimum atomic E-state index is -0.733. The third-order valence-corrected chi connectivity index (χ3v) is 4.67. The Morgan fingerprint density at radius 3 is 3.00 bits per heavy atom. The van der Waals surface area contributed by atoms with E-state index in [1.165, 1.54) is 24.5 Å². The normalized spacial score (nSPS) is 19.0. The second-order valence-electron chi connectivity index (χ2n) is 6.20. The van der Waals surface area contributed by atoms with E-state index in [0.29, 0.717) is 35.5 Å². The monoisotopic (exact) mass is 342 g/mol. The molecule has 4 rings (SSSR count). The summed E-state index contributed by atoms with van der Waals surface area (Å²) < 4.78 is 13.6. The van der Waals surface area contributed by atoms with Gasteiger partial charge in [0, 0.05) is 24.2 Å². The Balaban J connectivity index is 1.65. The van der Waals surface area contributed by atoms with Crippen molar-refractivity contribution in [2.45, 2.75) is 25.3 Å². The van der Waals surface area contributed by atoms with Crippen LogP contribution < -0.4 is 10.9 Å². The summed E-state index contributed by atoms with van der Waals surface area (Å²) in [5.74, 6) is -1.72. The van der Waals surface area contributed by atoms with E-state index in [1.54, 1.807) is 4.90 Å². The second kappa shape index (κ2) is 5.80. The van der Waals surface area contributed by atoms with Gasteiger partial charge >= 0.3 is 0 Å². The molecule has 0 fully saturated rings. The average molecular weight is 342 g/mol. The van der Waals surface area contributed by atoms with Gasteiger partial charge in [0.15, 0.2) is 0 Å². The van der Waals surface area contributed by atoms with Crippen molar-refractivity contribution >= 4 is 17.5 Å². The van der Waals surface area contributed by atoms with Crippen LogP contribution in [0, 0.1) is 5.82 Å². The Morgan fingerprint density at radius 1 is 1.32 bits per heavy atom. The van der Waals surface area contributed by atoms with E-state index in [1.807, 2.05) is 0 Å². The zero-order valence-corrected chi connectivity index (χ0v) is 13.2. The van der Waals surface area contributed by atoms with Gasteiger partial charge in [0.25, 0.3) is 5.56 Å². The fraction of sp³-hybridized carbons (Fsp3) is 0.294. The van der Waals surface area contributed by atoms with Crippen LogP contribution in [0.4, 0.5) is 10.1 Å². The standard InChI is InChI=1S/C17H15FN4O3/c18-9-1-2-13-11(5-9)12(6-15(23)21-13)17(25)22-4-3-10-14(7-22)19-8-20-16(10)24/h1-2,5,8,12H,3-4,6-7H2,(H,21,23)(H,19,20,24)/t12-/m0/s1.